The summed E-state index contributed by atoms with van der Waals surface area (Å²) in [5, 5.41) is 3.96. The number of thiol groups is 1. The highest BCUT2D eigenvalue weighted by molar-refractivity contribution is 7.80. The summed E-state index contributed by atoms with van der Waals surface area (Å²) in [6, 6.07) is 4.63. The molecule has 2 bridgehead atoms. The summed E-state index contributed by atoms with van der Waals surface area (Å²) in [6.07, 6.45) is -0.215. The summed E-state index contributed by atoms with van der Waals surface area (Å²) < 4.78 is 31.0. The van der Waals surface area contributed by atoms with Crippen molar-refractivity contribution in [3.05, 3.63) is 29.9 Å². The second-order valence-corrected chi connectivity index (χ2v) is 7.63. The number of rotatable bonds is 4. The number of ether oxygens (including phenoxy) is 2. The molecule has 0 aliphatic carbocycles. The molecule has 0 N–H and O–H groups in total. The van der Waals surface area contributed by atoms with Crippen molar-refractivity contribution in [1.29, 1.82) is 0 Å². The lowest BCUT2D eigenvalue weighted by atomic mass is 9.83. The van der Waals surface area contributed by atoms with Gasteiger partial charge in [0.15, 0.2) is 7.98 Å². The topological polar surface area (TPSA) is 60.6 Å². The first-order chi connectivity index (χ1) is 12.5. The zero-order valence-electron chi connectivity index (χ0n) is 14.8. The van der Waals surface area contributed by atoms with Gasteiger partial charge in [0.25, 0.3) is 5.89 Å². The highest BCUT2D eigenvalue weighted by Crippen LogP contribution is 2.33. The van der Waals surface area contributed by atoms with E-state index in [4.69, 9.17) is 14.0 Å². The Morgan fingerprint density at radius 1 is 1.35 bits per heavy atom. The smallest absolute Gasteiger partial charge is 0.255 e. The Labute approximate surface area is 157 Å². The van der Waals surface area contributed by atoms with Gasteiger partial charge in [-0.25, -0.2) is 4.39 Å². The maximum absolute atomic E-state index is 13.7. The molecule has 138 valence electrons. The lowest BCUT2D eigenvalue weighted by Gasteiger charge is -2.46. The van der Waals surface area contributed by atoms with E-state index in [2.05, 4.69) is 35.6 Å². The standard InChI is InChI=1S/C17H21BFN3O3S/c1-9(24-15-11-5-22(18)6-12(15)8-23-7-11)17-20-16(21-25-17)10-2-3-14(26)13(19)4-10/h2-4,9,11-12,15,26H,5-8,18H2,1H3/t9-,11?,12?,15?/m1/s1. The molecule has 2 aliphatic rings. The maximum Gasteiger partial charge on any atom is 0.255 e. The normalized spacial score (nSPS) is 27.4. The summed E-state index contributed by atoms with van der Waals surface area (Å²) in [4.78, 5) is 7.00. The number of nitrogens with zero attached hydrogens (tertiary/aromatic N) is 3. The van der Waals surface area contributed by atoms with Crippen molar-refractivity contribution in [1.82, 2.24) is 15.0 Å². The number of benzene rings is 1. The summed E-state index contributed by atoms with van der Waals surface area (Å²) in [7, 11) is 2.13. The van der Waals surface area contributed by atoms with Crippen LogP contribution in [0.3, 0.4) is 0 Å². The first-order valence-electron chi connectivity index (χ1n) is 8.75. The summed E-state index contributed by atoms with van der Waals surface area (Å²) in [5.41, 5.74) is 0.548. The average Bonchev–Trinajstić information content (AvgIpc) is 3.08. The van der Waals surface area contributed by atoms with Gasteiger partial charge in [0.05, 0.1) is 19.3 Å². The van der Waals surface area contributed by atoms with Gasteiger partial charge in [0, 0.05) is 22.3 Å². The van der Waals surface area contributed by atoms with Gasteiger partial charge in [-0.3, -0.25) is 0 Å². The molecule has 9 heteroatoms. The first kappa shape index (κ1) is 18.0. The highest BCUT2D eigenvalue weighted by Gasteiger charge is 2.41. The molecule has 3 heterocycles. The minimum atomic E-state index is -0.416. The largest absolute Gasteiger partial charge is 0.381 e. The van der Waals surface area contributed by atoms with Gasteiger partial charge in [0.2, 0.25) is 5.82 Å². The Morgan fingerprint density at radius 3 is 2.77 bits per heavy atom. The van der Waals surface area contributed by atoms with Crippen LogP contribution >= 0.6 is 12.6 Å². The molecular formula is C17H21BFN3O3S. The van der Waals surface area contributed by atoms with Crippen molar-refractivity contribution in [2.75, 3.05) is 26.3 Å². The lowest BCUT2D eigenvalue weighted by molar-refractivity contribution is -0.161. The van der Waals surface area contributed by atoms with E-state index in [-0.39, 0.29) is 17.1 Å². The summed E-state index contributed by atoms with van der Waals surface area (Å²) in [6.45, 7) is 5.24. The van der Waals surface area contributed by atoms with E-state index in [0.717, 1.165) is 13.1 Å². The molecule has 2 saturated heterocycles. The van der Waals surface area contributed by atoms with E-state index in [1.165, 1.54) is 6.07 Å². The lowest BCUT2D eigenvalue weighted by Crippen LogP contribution is -2.55. The van der Waals surface area contributed by atoms with Crippen molar-refractivity contribution in [3.8, 4) is 11.4 Å². The third kappa shape index (κ3) is 3.53. The molecule has 26 heavy (non-hydrogen) atoms. The molecule has 4 rings (SSSR count). The van der Waals surface area contributed by atoms with Crippen molar-refractivity contribution in [2.45, 2.75) is 24.0 Å². The SMILES string of the molecule is BN1CC2COCC(C1)C2O[C@H](C)c1nc(-c2ccc(S)c(F)c2)no1. The van der Waals surface area contributed by atoms with E-state index in [1.807, 2.05) is 6.92 Å². The van der Waals surface area contributed by atoms with Gasteiger partial charge in [-0.2, -0.15) is 4.98 Å². The molecular weight excluding hydrogens is 356 g/mol. The van der Waals surface area contributed by atoms with Crippen molar-refractivity contribution in [2.24, 2.45) is 11.8 Å². The molecule has 1 aromatic carbocycles. The fourth-order valence-corrected chi connectivity index (χ4v) is 3.95. The highest BCUT2D eigenvalue weighted by atomic mass is 32.1. The Bertz CT molecular complexity index is 778. The number of piperidine rings is 1. The monoisotopic (exact) mass is 377 g/mol. The second-order valence-electron chi connectivity index (χ2n) is 7.14. The zero-order valence-corrected chi connectivity index (χ0v) is 15.7. The number of halogens is 1. The number of aromatic nitrogens is 2. The van der Waals surface area contributed by atoms with Gasteiger partial charge in [-0.1, -0.05) is 5.16 Å². The van der Waals surface area contributed by atoms with Crippen LogP contribution in [0.2, 0.25) is 0 Å². The fourth-order valence-electron chi connectivity index (χ4n) is 3.81. The van der Waals surface area contributed by atoms with Crippen LogP contribution < -0.4 is 0 Å². The molecule has 0 spiro atoms. The molecule has 0 radical (unpaired) electrons. The van der Waals surface area contributed by atoms with Crippen molar-refractivity contribution >= 4 is 20.6 Å². The second kappa shape index (κ2) is 7.30. The number of hydrogen-bond donors (Lipinski definition) is 1. The van der Waals surface area contributed by atoms with Crippen LogP contribution in [0, 0.1) is 17.7 Å². The third-order valence-electron chi connectivity index (χ3n) is 5.04. The minimum Gasteiger partial charge on any atom is -0.381 e. The van der Waals surface area contributed by atoms with Crippen molar-refractivity contribution < 1.29 is 18.4 Å². The van der Waals surface area contributed by atoms with Gasteiger partial charge in [-0.15, -0.1) is 12.6 Å². The Kier molecular flexibility index (Phi) is 5.05. The van der Waals surface area contributed by atoms with Crippen LogP contribution in [0.5, 0.6) is 0 Å². The first-order valence-corrected chi connectivity index (χ1v) is 9.20. The van der Waals surface area contributed by atoms with E-state index >= 15 is 0 Å². The molecule has 6 nitrogen and oxygen atoms in total. The Morgan fingerprint density at radius 2 is 2.08 bits per heavy atom. The number of hydrogen-bond acceptors (Lipinski definition) is 7. The third-order valence-corrected chi connectivity index (χ3v) is 5.40. The predicted molar refractivity (Wildman–Crippen MR) is 98.1 cm³/mol. The fraction of sp³-hybridized carbons (Fsp3) is 0.529. The number of fused-ring (bicyclic) bond motifs is 2. The van der Waals surface area contributed by atoms with E-state index in [9.17, 15) is 4.39 Å². The van der Waals surface area contributed by atoms with Gasteiger partial charge < -0.3 is 18.8 Å². The quantitative estimate of drug-likeness (QED) is 0.647. The van der Waals surface area contributed by atoms with Crippen LogP contribution in [0.4, 0.5) is 4.39 Å². The zero-order chi connectivity index (χ0) is 18.3. The van der Waals surface area contributed by atoms with Crippen molar-refractivity contribution in [3.63, 3.8) is 0 Å². The summed E-state index contributed by atoms with van der Waals surface area (Å²) in [5.74, 6) is 1.01. The minimum absolute atomic E-state index is 0.117. The molecule has 0 amide bonds. The van der Waals surface area contributed by atoms with Gasteiger partial charge in [0.1, 0.15) is 11.9 Å². The van der Waals surface area contributed by atoms with E-state index in [1.54, 1.807) is 12.1 Å². The van der Waals surface area contributed by atoms with Crippen LogP contribution in [0.15, 0.2) is 27.6 Å². The van der Waals surface area contributed by atoms with Gasteiger partial charge in [-0.05, 0) is 38.2 Å². The van der Waals surface area contributed by atoms with Crippen LogP contribution in [-0.4, -0.2) is 55.3 Å². The van der Waals surface area contributed by atoms with E-state index < -0.39 is 5.82 Å². The van der Waals surface area contributed by atoms with Crippen LogP contribution in [0.25, 0.3) is 11.4 Å². The summed E-state index contributed by atoms with van der Waals surface area (Å²) >= 11 is 4.03. The van der Waals surface area contributed by atoms with Gasteiger partial charge >= 0.3 is 0 Å². The van der Waals surface area contributed by atoms with Crippen LogP contribution in [-0.2, 0) is 9.47 Å². The molecule has 2 unspecified atom stereocenters. The molecule has 0 saturated carbocycles. The predicted octanol–water partition coefficient (Wildman–Crippen LogP) is 1.74. The molecule has 3 atom stereocenters. The average molecular weight is 377 g/mol. The van der Waals surface area contributed by atoms with E-state index in [0.29, 0.717) is 42.3 Å². The van der Waals surface area contributed by atoms with Crippen LogP contribution in [0.1, 0.15) is 18.9 Å². The molecule has 2 fully saturated rings. The molecule has 1 aromatic heterocycles. The molecule has 2 aromatic rings. The Balaban J connectivity index is 1.48. The maximum atomic E-state index is 13.7. The molecule has 2 aliphatic heterocycles. The Hall–Kier alpha value is -1.42.